The summed E-state index contributed by atoms with van der Waals surface area (Å²) in [6.45, 7) is 1.02. The number of nitrogens with one attached hydrogen (secondary N) is 1. The second-order valence-corrected chi connectivity index (χ2v) is 5.25. The predicted octanol–water partition coefficient (Wildman–Crippen LogP) is 3.37. The fourth-order valence-electron chi connectivity index (χ4n) is 2.52. The summed E-state index contributed by atoms with van der Waals surface area (Å²) >= 11 is 0. The van der Waals surface area contributed by atoms with Crippen molar-refractivity contribution in [1.82, 2.24) is 5.16 Å². The van der Waals surface area contributed by atoms with E-state index in [2.05, 4.69) is 10.5 Å². The number of nitrogens with zero attached hydrogens (tertiary/aromatic N) is 1. The van der Waals surface area contributed by atoms with Crippen molar-refractivity contribution in [3.8, 4) is 22.8 Å². The SMILES string of the molecule is O=C(Nc1ccc2c(c1)OCCO2)c1cnoc1-c1ccccc1. The van der Waals surface area contributed by atoms with Gasteiger partial charge in [-0.1, -0.05) is 35.5 Å². The largest absolute Gasteiger partial charge is 0.486 e. The molecular formula is C18H14N2O4. The fourth-order valence-corrected chi connectivity index (χ4v) is 2.52. The van der Waals surface area contributed by atoms with E-state index in [1.54, 1.807) is 18.2 Å². The molecule has 2 aromatic carbocycles. The number of rotatable bonds is 3. The molecule has 4 rings (SSSR count). The van der Waals surface area contributed by atoms with Gasteiger partial charge in [0.2, 0.25) is 0 Å². The van der Waals surface area contributed by atoms with Crippen LogP contribution in [0.1, 0.15) is 10.4 Å². The number of fused-ring (bicyclic) bond motifs is 1. The standard InChI is InChI=1S/C18H14N2O4/c21-18(14-11-19-24-17(14)12-4-2-1-3-5-12)20-13-6-7-15-16(10-13)23-9-8-22-15/h1-7,10-11H,8-9H2,(H,20,21). The van der Waals surface area contributed by atoms with Crippen LogP contribution in [0.2, 0.25) is 0 Å². The van der Waals surface area contributed by atoms with Gasteiger partial charge >= 0.3 is 0 Å². The first-order valence-electron chi connectivity index (χ1n) is 7.52. The molecule has 0 unspecified atom stereocenters. The number of anilines is 1. The van der Waals surface area contributed by atoms with Crippen LogP contribution in [-0.2, 0) is 0 Å². The Morgan fingerprint density at radius 3 is 2.62 bits per heavy atom. The molecule has 6 heteroatoms. The minimum atomic E-state index is -0.299. The van der Waals surface area contributed by atoms with Crippen LogP contribution in [0.5, 0.6) is 11.5 Å². The predicted molar refractivity (Wildman–Crippen MR) is 87.3 cm³/mol. The van der Waals surface area contributed by atoms with Crippen LogP contribution < -0.4 is 14.8 Å². The molecule has 0 bridgehead atoms. The minimum absolute atomic E-state index is 0.299. The van der Waals surface area contributed by atoms with Gasteiger partial charge in [0.25, 0.3) is 5.91 Å². The topological polar surface area (TPSA) is 73.6 Å². The molecule has 6 nitrogen and oxygen atoms in total. The average molecular weight is 322 g/mol. The van der Waals surface area contributed by atoms with Gasteiger partial charge in [-0.2, -0.15) is 0 Å². The Hall–Kier alpha value is -3.28. The number of hydrogen-bond acceptors (Lipinski definition) is 5. The smallest absolute Gasteiger partial charge is 0.261 e. The molecular weight excluding hydrogens is 308 g/mol. The Kier molecular flexibility index (Phi) is 3.63. The third kappa shape index (κ3) is 2.69. The van der Waals surface area contributed by atoms with Crippen molar-refractivity contribution in [2.45, 2.75) is 0 Å². The number of hydrogen-bond donors (Lipinski definition) is 1. The van der Waals surface area contributed by atoms with E-state index in [4.69, 9.17) is 14.0 Å². The fraction of sp³-hybridized carbons (Fsp3) is 0.111. The van der Waals surface area contributed by atoms with Gasteiger partial charge in [0, 0.05) is 17.3 Å². The maximum Gasteiger partial charge on any atom is 0.261 e. The van der Waals surface area contributed by atoms with Crippen molar-refractivity contribution in [1.29, 1.82) is 0 Å². The lowest BCUT2D eigenvalue weighted by molar-refractivity contribution is 0.102. The monoisotopic (exact) mass is 322 g/mol. The molecule has 1 amide bonds. The highest BCUT2D eigenvalue weighted by molar-refractivity contribution is 6.07. The Balaban J connectivity index is 1.58. The van der Waals surface area contributed by atoms with Crippen LogP contribution in [0.4, 0.5) is 5.69 Å². The summed E-state index contributed by atoms with van der Waals surface area (Å²) in [5, 5.41) is 6.58. The first-order chi connectivity index (χ1) is 11.8. The molecule has 1 aromatic heterocycles. The molecule has 0 aliphatic carbocycles. The summed E-state index contributed by atoms with van der Waals surface area (Å²) in [6.07, 6.45) is 1.41. The van der Waals surface area contributed by atoms with Gasteiger partial charge in [-0.15, -0.1) is 0 Å². The van der Waals surface area contributed by atoms with E-state index < -0.39 is 0 Å². The van der Waals surface area contributed by atoms with Crippen molar-refractivity contribution in [2.75, 3.05) is 18.5 Å². The number of carbonyl (C=O) groups is 1. The molecule has 0 spiro atoms. The summed E-state index contributed by atoms with van der Waals surface area (Å²) in [6, 6.07) is 14.7. The zero-order valence-electron chi connectivity index (χ0n) is 12.7. The summed E-state index contributed by atoms with van der Waals surface area (Å²) in [5.74, 6) is 1.43. The molecule has 2 heterocycles. The van der Waals surface area contributed by atoms with Gasteiger partial charge in [-0.05, 0) is 12.1 Å². The van der Waals surface area contributed by atoms with E-state index in [0.717, 1.165) is 5.56 Å². The van der Waals surface area contributed by atoms with Gasteiger partial charge < -0.3 is 19.3 Å². The van der Waals surface area contributed by atoms with E-state index in [9.17, 15) is 4.79 Å². The van der Waals surface area contributed by atoms with Gasteiger partial charge in [0.1, 0.15) is 18.8 Å². The number of benzene rings is 2. The van der Waals surface area contributed by atoms with E-state index in [1.165, 1.54) is 6.20 Å². The minimum Gasteiger partial charge on any atom is -0.486 e. The van der Waals surface area contributed by atoms with Gasteiger partial charge in [0.15, 0.2) is 17.3 Å². The number of amides is 1. The van der Waals surface area contributed by atoms with Gasteiger partial charge in [-0.3, -0.25) is 4.79 Å². The molecule has 0 saturated carbocycles. The molecule has 1 N–H and O–H groups in total. The molecule has 1 aliphatic rings. The average Bonchev–Trinajstić information content (AvgIpc) is 3.12. The lowest BCUT2D eigenvalue weighted by Gasteiger charge is -2.18. The molecule has 3 aromatic rings. The van der Waals surface area contributed by atoms with Crippen molar-refractivity contribution < 1.29 is 18.8 Å². The third-order valence-corrected chi connectivity index (χ3v) is 3.65. The Labute approximate surface area is 138 Å². The highest BCUT2D eigenvalue weighted by Crippen LogP contribution is 2.33. The van der Waals surface area contributed by atoms with Crippen LogP contribution in [0, 0.1) is 0 Å². The van der Waals surface area contributed by atoms with Crippen LogP contribution >= 0.6 is 0 Å². The Morgan fingerprint density at radius 1 is 1.00 bits per heavy atom. The summed E-state index contributed by atoms with van der Waals surface area (Å²) in [4.78, 5) is 12.6. The highest BCUT2D eigenvalue weighted by Gasteiger charge is 2.19. The number of ether oxygens (including phenoxy) is 2. The van der Waals surface area contributed by atoms with Crippen LogP contribution in [0.3, 0.4) is 0 Å². The van der Waals surface area contributed by atoms with E-state index in [0.29, 0.717) is 41.7 Å². The van der Waals surface area contributed by atoms with Crippen molar-refractivity contribution >= 4 is 11.6 Å². The molecule has 1 aliphatic heterocycles. The quantitative estimate of drug-likeness (QED) is 0.800. The zero-order valence-corrected chi connectivity index (χ0v) is 12.7. The van der Waals surface area contributed by atoms with Gasteiger partial charge in [0.05, 0.1) is 6.20 Å². The normalized spacial score (nSPS) is 12.7. The maximum absolute atomic E-state index is 12.6. The summed E-state index contributed by atoms with van der Waals surface area (Å²) in [5.41, 5.74) is 1.78. The maximum atomic E-state index is 12.6. The molecule has 0 radical (unpaired) electrons. The molecule has 0 fully saturated rings. The second-order valence-electron chi connectivity index (χ2n) is 5.25. The van der Waals surface area contributed by atoms with E-state index in [-0.39, 0.29) is 5.91 Å². The van der Waals surface area contributed by atoms with Gasteiger partial charge in [-0.25, -0.2) is 0 Å². The Bertz CT molecular complexity index is 874. The molecule has 0 atom stereocenters. The van der Waals surface area contributed by atoms with Crippen molar-refractivity contribution in [3.63, 3.8) is 0 Å². The van der Waals surface area contributed by atoms with Crippen LogP contribution in [0.25, 0.3) is 11.3 Å². The van der Waals surface area contributed by atoms with E-state index >= 15 is 0 Å². The zero-order chi connectivity index (χ0) is 16.4. The van der Waals surface area contributed by atoms with Crippen LogP contribution in [0.15, 0.2) is 59.3 Å². The third-order valence-electron chi connectivity index (χ3n) is 3.65. The lowest BCUT2D eigenvalue weighted by Crippen LogP contribution is -2.16. The molecule has 120 valence electrons. The lowest BCUT2D eigenvalue weighted by atomic mass is 10.1. The number of aromatic nitrogens is 1. The van der Waals surface area contributed by atoms with E-state index in [1.807, 2.05) is 30.3 Å². The van der Waals surface area contributed by atoms with Crippen LogP contribution in [-0.4, -0.2) is 24.3 Å². The number of carbonyl (C=O) groups excluding carboxylic acids is 1. The molecule has 24 heavy (non-hydrogen) atoms. The highest BCUT2D eigenvalue weighted by atomic mass is 16.6. The van der Waals surface area contributed by atoms with Crippen molar-refractivity contribution in [2.24, 2.45) is 0 Å². The first kappa shape index (κ1) is 14.3. The van der Waals surface area contributed by atoms with Crippen molar-refractivity contribution in [3.05, 3.63) is 60.3 Å². The summed E-state index contributed by atoms with van der Waals surface area (Å²) < 4.78 is 16.2. The molecule has 0 saturated heterocycles. The second kappa shape index (κ2) is 6.08. The first-order valence-corrected chi connectivity index (χ1v) is 7.52. The summed E-state index contributed by atoms with van der Waals surface area (Å²) in [7, 11) is 0. The Morgan fingerprint density at radius 2 is 1.79 bits per heavy atom.